The fraction of sp³-hybridized carbons (Fsp3) is 0. The zero-order valence-corrected chi connectivity index (χ0v) is 28.2. The third-order valence-electron chi connectivity index (χ3n) is 10.1. The van der Waals surface area contributed by atoms with Crippen LogP contribution < -0.4 is 0 Å². The van der Waals surface area contributed by atoms with Gasteiger partial charge in [-0.1, -0.05) is 164 Å². The van der Waals surface area contributed by atoms with Gasteiger partial charge in [0.05, 0.1) is 0 Å². The molecular weight excluding hydrogens is 631 g/mol. The van der Waals surface area contributed by atoms with Crippen LogP contribution in [0.4, 0.5) is 0 Å². The molecule has 0 aliphatic carbocycles. The highest BCUT2D eigenvalue weighted by Crippen LogP contribution is 2.37. The quantitative estimate of drug-likeness (QED) is 0.172. The van der Waals surface area contributed by atoms with E-state index >= 15 is 0 Å². The average Bonchev–Trinajstić information content (AvgIpc) is 3.23. The van der Waals surface area contributed by atoms with Crippen LogP contribution in [-0.2, 0) is 0 Å². The standard InChI is InChI=1S/C49H31N3/c1-2-12-32(13-3-1)34-24-25-36-29-40(27-26-35(36)28-34)48-50-47(39-18-10-17-37(30-39)42-23-11-16-33-14-4-6-19-41(33)42)51-49(52-48)46-31-38-15-5-7-20-43(38)44-21-8-9-22-45(44)46/h1-31H. The monoisotopic (exact) mass is 661 g/mol. The van der Waals surface area contributed by atoms with Crippen molar-refractivity contribution in [2.75, 3.05) is 0 Å². The predicted molar refractivity (Wildman–Crippen MR) is 217 cm³/mol. The van der Waals surface area contributed by atoms with Crippen molar-refractivity contribution >= 4 is 43.1 Å². The molecule has 3 nitrogen and oxygen atoms in total. The first-order chi connectivity index (χ1) is 25.7. The molecule has 0 N–H and O–H groups in total. The van der Waals surface area contributed by atoms with Crippen LogP contribution in [-0.4, -0.2) is 15.0 Å². The van der Waals surface area contributed by atoms with Gasteiger partial charge in [-0.15, -0.1) is 0 Å². The lowest BCUT2D eigenvalue weighted by atomic mass is 9.96. The van der Waals surface area contributed by atoms with Gasteiger partial charge in [0.1, 0.15) is 0 Å². The van der Waals surface area contributed by atoms with Gasteiger partial charge in [0.2, 0.25) is 0 Å². The summed E-state index contributed by atoms with van der Waals surface area (Å²) in [6.07, 6.45) is 0. The Labute approximate surface area is 301 Å². The highest BCUT2D eigenvalue weighted by atomic mass is 15.0. The lowest BCUT2D eigenvalue weighted by Gasteiger charge is -2.13. The molecule has 10 rings (SSSR count). The summed E-state index contributed by atoms with van der Waals surface area (Å²) in [5, 5.41) is 9.38. The fourth-order valence-electron chi connectivity index (χ4n) is 7.49. The van der Waals surface area contributed by atoms with E-state index in [0.717, 1.165) is 38.4 Å². The minimum Gasteiger partial charge on any atom is -0.208 e. The first-order valence-electron chi connectivity index (χ1n) is 17.6. The summed E-state index contributed by atoms with van der Waals surface area (Å²) in [5.74, 6) is 1.93. The molecule has 0 bridgehead atoms. The van der Waals surface area contributed by atoms with Crippen molar-refractivity contribution in [2.24, 2.45) is 0 Å². The van der Waals surface area contributed by atoms with E-state index in [2.05, 4.69) is 188 Å². The third-order valence-corrected chi connectivity index (χ3v) is 10.1. The highest BCUT2D eigenvalue weighted by molar-refractivity contribution is 6.13. The Morgan fingerprint density at radius 2 is 0.769 bits per heavy atom. The van der Waals surface area contributed by atoms with Crippen LogP contribution >= 0.6 is 0 Å². The zero-order chi connectivity index (χ0) is 34.4. The van der Waals surface area contributed by atoms with E-state index < -0.39 is 0 Å². The van der Waals surface area contributed by atoms with Gasteiger partial charge in [0.15, 0.2) is 17.5 Å². The molecule has 52 heavy (non-hydrogen) atoms. The van der Waals surface area contributed by atoms with Gasteiger partial charge in [-0.05, 0) is 89.6 Å². The van der Waals surface area contributed by atoms with Crippen LogP contribution in [0.5, 0.6) is 0 Å². The molecule has 0 radical (unpaired) electrons. The maximum absolute atomic E-state index is 5.24. The Balaban J connectivity index is 1.17. The fourth-order valence-corrected chi connectivity index (χ4v) is 7.49. The number of benzene rings is 9. The summed E-state index contributed by atoms with van der Waals surface area (Å²) in [6, 6.07) is 66.5. The maximum Gasteiger partial charge on any atom is 0.164 e. The molecule has 0 fully saturated rings. The SMILES string of the molecule is c1ccc(-c2ccc3cc(-c4nc(-c5cccc(-c6cccc7ccccc67)c5)nc(-c5cc6ccccc6c6ccccc56)n4)ccc3c2)cc1. The van der Waals surface area contributed by atoms with Crippen molar-refractivity contribution in [3.05, 3.63) is 188 Å². The number of fused-ring (bicyclic) bond motifs is 5. The minimum absolute atomic E-state index is 0.638. The minimum atomic E-state index is 0.638. The van der Waals surface area contributed by atoms with E-state index in [1.165, 1.54) is 43.6 Å². The lowest BCUT2D eigenvalue weighted by molar-refractivity contribution is 1.08. The maximum atomic E-state index is 5.24. The van der Waals surface area contributed by atoms with Crippen LogP contribution in [0.2, 0.25) is 0 Å². The van der Waals surface area contributed by atoms with Crippen LogP contribution in [0.15, 0.2) is 188 Å². The van der Waals surface area contributed by atoms with Crippen molar-refractivity contribution in [3.63, 3.8) is 0 Å². The molecule has 1 heterocycles. The molecule has 0 aliphatic rings. The van der Waals surface area contributed by atoms with Gasteiger partial charge in [0.25, 0.3) is 0 Å². The van der Waals surface area contributed by atoms with Gasteiger partial charge in [-0.25, -0.2) is 15.0 Å². The Morgan fingerprint density at radius 1 is 0.231 bits per heavy atom. The van der Waals surface area contributed by atoms with E-state index in [4.69, 9.17) is 15.0 Å². The Hall–Kier alpha value is -6.97. The van der Waals surface area contributed by atoms with Gasteiger partial charge >= 0.3 is 0 Å². The number of hydrogen-bond donors (Lipinski definition) is 0. The van der Waals surface area contributed by atoms with Crippen LogP contribution in [0.25, 0.3) is 99.5 Å². The first kappa shape index (κ1) is 29.9. The van der Waals surface area contributed by atoms with Gasteiger partial charge in [-0.3, -0.25) is 0 Å². The van der Waals surface area contributed by atoms with Crippen LogP contribution in [0.3, 0.4) is 0 Å². The first-order valence-corrected chi connectivity index (χ1v) is 17.6. The number of rotatable bonds is 5. The molecule has 10 aromatic rings. The Bertz CT molecular complexity index is 2960. The molecule has 0 spiro atoms. The van der Waals surface area contributed by atoms with Crippen molar-refractivity contribution in [3.8, 4) is 56.4 Å². The van der Waals surface area contributed by atoms with Gasteiger partial charge in [-0.2, -0.15) is 0 Å². The Morgan fingerprint density at radius 3 is 1.58 bits per heavy atom. The molecule has 1 aromatic heterocycles. The smallest absolute Gasteiger partial charge is 0.164 e. The van der Waals surface area contributed by atoms with Crippen molar-refractivity contribution in [1.29, 1.82) is 0 Å². The lowest BCUT2D eigenvalue weighted by Crippen LogP contribution is -2.01. The van der Waals surface area contributed by atoms with E-state index in [0.29, 0.717) is 17.5 Å². The number of aromatic nitrogens is 3. The largest absolute Gasteiger partial charge is 0.208 e. The molecule has 0 saturated heterocycles. The van der Waals surface area contributed by atoms with Gasteiger partial charge in [0, 0.05) is 16.7 Å². The van der Waals surface area contributed by atoms with Gasteiger partial charge < -0.3 is 0 Å². The van der Waals surface area contributed by atoms with Crippen molar-refractivity contribution in [2.45, 2.75) is 0 Å². The Kier molecular flexibility index (Phi) is 7.14. The average molecular weight is 662 g/mol. The summed E-state index contributed by atoms with van der Waals surface area (Å²) in [4.78, 5) is 15.7. The van der Waals surface area contributed by atoms with E-state index in [1.807, 2.05) is 0 Å². The summed E-state index contributed by atoms with van der Waals surface area (Å²) in [7, 11) is 0. The van der Waals surface area contributed by atoms with Crippen LogP contribution in [0, 0.1) is 0 Å². The number of hydrogen-bond acceptors (Lipinski definition) is 3. The molecule has 242 valence electrons. The van der Waals surface area contributed by atoms with Crippen molar-refractivity contribution in [1.82, 2.24) is 15.0 Å². The summed E-state index contributed by atoms with van der Waals surface area (Å²) in [5.41, 5.74) is 7.56. The topological polar surface area (TPSA) is 38.7 Å². The van der Waals surface area contributed by atoms with E-state index in [1.54, 1.807) is 0 Å². The second kappa shape index (κ2) is 12.4. The molecule has 0 saturated carbocycles. The third kappa shape index (κ3) is 5.28. The number of nitrogens with zero attached hydrogens (tertiary/aromatic N) is 3. The van der Waals surface area contributed by atoms with E-state index in [9.17, 15) is 0 Å². The van der Waals surface area contributed by atoms with E-state index in [-0.39, 0.29) is 0 Å². The second-order valence-electron chi connectivity index (χ2n) is 13.2. The molecule has 0 aliphatic heterocycles. The predicted octanol–water partition coefficient (Wildman–Crippen LogP) is 12.8. The summed E-state index contributed by atoms with van der Waals surface area (Å²) < 4.78 is 0. The highest BCUT2D eigenvalue weighted by Gasteiger charge is 2.17. The van der Waals surface area contributed by atoms with Crippen LogP contribution in [0.1, 0.15) is 0 Å². The molecule has 9 aromatic carbocycles. The molecule has 0 atom stereocenters. The molecule has 0 amide bonds. The molecular formula is C49H31N3. The molecule has 3 heteroatoms. The summed E-state index contributed by atoms with van der Waals surface area (Å²) >= 11 is 0. The zero-order valence-electron chi connectivity index (χ0n) is 28.2. The second-order valence-corrected chi connectivity index (χ2v) is 13.2. The molecule has 0 unspecified atom stereocenters. The van der Waals surface area contributed by atoms with Crippen molar-refractivity contribution < 1.29 is 0 Å². The normalized spacial score (nSPS) is 11.5. The summed E-state index contributed by atoms with van der Waals surface area (Å²) in [6.45, 7) is 0.